The maximum Gasteiger partial charge on any atom is 0.250 e. The third-order valence-electron chi connectivity index (χ3n) is 3.07. The molecule has 1 aromatic rings. The minimum atomic E-state index is -1.29. The zero-order chi connectivity index (χ0) is 12.4. The van der Waals surface area contributed by atoms with Gasteiger partial charge < -0.3 is 21.3 Å². The molecule has 0 saturated heterocycles. The highest BCUT2D eigenvalue weighted by Crippen LogP contribution is 2.34. The van der Waals surface area contributed by atoms with Crippen LogP contribution >= 0.6 is 0 Å². The number of rotatable bonds is 3. The van der Waals surface area contributed by atoms with Gasteiger partial charge in [-0.1, -0.05) is 12.1 Å². The summed E-state index contributed by atoms with van der Waals surface area (Å²) in [5, 5.41) is 9.57. The number of ether oxygens (including phenoxy) is 1. The van der Waals surface area contributed by atoms with Gasteiger partial charge in [0, 0.05) is 5.92 Å². The van der Waals surface area contributed by atoms with E-state index in [-0.39, 0.29) is 5.92 Å². The summed E-state index contributed by atoms with van der Waals surface area (Å²) in [4.78, 5) is 10.9. The summed E-state index contributed by atoms with van der Waals surface area (Å²) in [6.45, 7) is 1.17. The fraction of sp³-hybridized carbons (Fsp3) is 0.417. The molecule has 0 aliphatic carbocycles. The predicted molar refractivity (Wildman–Crippen MR) is 62.5 cm³/mol. The number of fused-ring (bicyclic) bond motifs is 1. The molecule has 0 saturated carbocycles. The average Bonchev–Trinajstić information content (AvgIpc) is 2.36. The molecular formula is C12H16N2O3. The van der Waals surface area contributed by atoms with E-state index in [1.54, 1.807) is 12.1 Å². The maximum absolute atomic E-state index is 10.9. The molecule has 1 aliphatic heterocycles. The predicted octanol–water partition coefficient (Wildman–Crippen LogP) is 0.0301. The minimum Gasteiger partial charge on any atom is -0.493 e. The highest BCUT2D eigenvalue weighted by Gasteiger charge is 2.22. The number of carbonyl (C=O) groups is 1. The highest BCUT2D eigenvalue weighted by molar-refractivity contribution is 5.80. The zero-order valence-electron chi connectivity index (χ0n) is 9.43. The SMILES string of the molecule is NCC1CCOc2cc(C(O)C(N)=O)ccc21. The third-order valence-corrected chi connectivity index (χ3v) is 3.07. The zero-order valence-corrected chi connectivity index (χ0v) is 9.43. The van der Waals surface area contributed by atoms with E-state index in [4.69, 9.17) is 16.2 Å². The summed E-state index contributed by atoms with van der Waals surface area (Å²) in [5.74, 6) is 0.194. The van der Waals surface area contributed by atoms with Crippen molar-refractivity contribution in [1.29, 1.82) is 0 Å². The second-order valence-corrected chi connectivity index (χ2v) is 4.17. The number of benzene rings is 1. The van der Waals surface area contributed by atoms with Crippen LogP contribution in [0.5, 0.6) is 5.75 Å². The van der Waals surface area contributed by atoms with E-state index in [1.807, 2.05) is 6.07 Å². The lowest BCUT2D eigenvalue weighted by molar-refractivity contribution is -0.126. The van der Waals surface area contributed by atoms with Gasteiger partial charge in [0.05, 0.1) is 6.61 Å². The number of aliphatic hydroxyl groups excluding tert-OH is 1. The van der Waals surface area contributed by atoms with Crippen LogP contribution in [0, 0.1) is 0 Å². The Kier molecular flexibility index (Phi) is 3.31. The van der Waals surface area contributed by atoms with Crippen molar-refractivity contribution in [3.63, 3.8) is 0 Å². The van der Waals surface area contributed by atoms with Gasteiger partial charge >= 0.3 is 0 Å². The first kappa shape index (κ1) is 11.9. The Balaban J connectivity index is 2.34. The molecule has 2 rings (SSSR count). The van der Waals surface area contributed by atoms with Gasteiger partial charge in [-0.05, 0) is 30.2 Å². The van der Waals surface area contributed by atoms with E-state index in [1.165, 1.54) is 0 Å². The molecule has 5 nitrogen and oxygen atoms in total. The number of primary amides is 1. The van der Waals surface area contributed by atoms with Crippen LogP contribution in [0.2, 0.25) is 0 Å². The monoisotopic (exact) mass is 236 g/mol. The molecule has 1 heterocycles. The lowest BCUT2D eigenvalue weighted by Crippen LogP contribution is -2.23. The number of hydrogen-bond acceptors (Lipinski definition) is 4. The van der Waals surface area contributed by atoms with Crippen molar-refractivity contribution in [3.05, 3.63) is 29.3 Å². The van der Waals surface area contributed by atoms with Gasteiger partial charge in [0.15, 0.2) is 6.10 Å². The summed E-state index contributed by atoms with van der Waals surface area (Å²) >= 11 is 0. The maximum atomic E-state index is 10.9. The molecule has 1 amide bonds. The van der Waals surface area contributed by atoms with Crippen LogP contribution in [0.3, 0.4) is 0 Å². The van der Waals surface area contributed by atoms with Crippen molar-refractivity contribution in [2.75, 3.05) is 13.2 Å². The van der Waals surface area contributed by atoms with Gasteiger partial charge in [0.1, 0.15) is 5.75 Å². The molecule has 5 N–H and O–H groups in total. The van der Waals surface area contributed by atoms with Crippen molar-refractivity contribution in [2.45, 2.75) is 18.4 Å². The molecule has 0 aromatic heterocycles. The molecule has 0 spiro atoms. The van der Waals surface area contributed by atoms with Gasteiger partial charge in [-0.25, -0.2) is 0 Å². The van der Waals surface area contributed by atoms with Crippen LogP contribution < -0.4 is 16.2 Å². The lowest BCUT2D eigenvalue weighted by atomic mass is 9.91. The lowest BCUT2D eigenvalue weighted by Gasteiger charge is -2.25. The van der Waals surface area contributed by atoms with Crippen LogP contribution in [-0.2, 0) is 4.79 Å². The van der Waals surface area contributed by atoms with Gasteiger partial charge in [-0.15, -0.1) is 0 Å². The van der Waals surface area contributed by atoms with Crippen LogP contribution in [0.1, 0.15) is 29.6 Å². The molecular weight excluding hydrogens is 220 g/mol. The van der Waals surface area contributed by atoms with Crippen LogP contribution in [0.15, 0.2) is 18.2 Å². The topological polar surface area (TPSA) is 98.6 Å². The van der Waals surface area contributed by atoms with Gasteiger partial charge in [0.25, 0.3) is 5.91 Å². The first-order chi connectivity index (χ1) is 8.13. The van der Waals surface area contributed by atoms with E-state index in [0.29, 0.717) is 24.5 Å². The number of carbonyl (C=O) groups excluding carboxylic acids is 1. The summed E-state index contributed by atoms with van der Waals surface area (Å²) in [6.07, 6.45) is -0.400. The second kappa shape index (κ2) is 4.73. The number of amides is 1. The standard InChI is InChI=1S/C12H16N2O3/c13-6-8-3-4-17-10-5-7(1-2-9(8)10)11(15)12(14)16/h1-2,5,8,11,15H,3-4,6,13H2,(H2,14,16). The molecule has 2 unspecified atom stereocenters. The molecule has 92 valence electrons. The van der Waals surface area contributed by atoms with Gasteiger partial charge in [-0.3, -0.25) is 4.79 Å². The van der Waals surface area contributed by atoms with E-state index in [0.717, 1.165) is 12.0 Å². The van der Waals surface area contributed by atoms with E-state index >= 15 is 0 Å². The van der Waals surface area contributed by atoms with Gasteiger partial charge in [0.2, 0.25) is 0 Å². The molecule has 17 heavy (non-hydrogen) atoms. The smallest absolute Gasteiger partial charge is 0.250 e. The number of aliphatic hydroxyl groups is 1. The van der Waals surface area contributed by atoms with Crippen LogP contribution in [0.4, 0.5) is 0 Å². The Labute approximate surface area is 99.4 Å². The highest BCUT2D eigenvalue weighted by atomic mass is 16.5. The van der Waals surface area contributed by atoms with E-state index in [2.05, 4.69) is 0 Å². The summed E-state index contributed by atoms with van der Waals surface area (Å²) in [6, 6.07) is 5.19. The average molecular weight is 236 g/mol. The summed E-state index contributed by atoms with van der Waals surface area (Å²) in [7, 11) is 0. The summed E-state index contributed by atoms with van der Waals surface area (Å²) in [5.41, 5.74) is 12.2. The second-order valence-electron chi connectivity index (χ2n) is 4.17. The third kappa shape index (κ3) is 2.25. The summed E-state index contributed by atoms with van der Waals surface area (Å²) < 4.78 is 5.51. The fourth-order valence-electron chi connectivity index (χ4n) is 2.06. The Morgan fingerprint density at radius 1 is 1.59 bits per heavy atom. The van der Waals surface area contributed by atoms with Crippen molar-refractivity contribution in [2.24, 2.45) is 11.5 Å². The largest absolute Gasteiger partial charge is 0.493 e. The Hall–Kier alpha value is -1.59. The quantitative estimate of drug-likeness (QED) is 0.689. The van der Waals surface area contributed by atoms with E-state index in [9.17, 15) is 9.90 Å². The molecule has 1 aromatic carbocycles. The van der Waals surface area contributed by atoms with Crippen LogP contribution in [-0.4, -0.2) is 24.2 Å². The first-order valence-electron chi connectivity index (χ1n) is 5.57. The molecule has 5 heteroatoms. The molecule has 1 aliphatic rings. The molecule has 0 fully saturated rings. The number of hydrogen-bond donors (Lipinski definition) is 3. The first-order valence-corrected chi connectivity index (χ1v) is 5.57. The molecule has 2 atom stereocenters. The van der Waals surface area contributed by atoms with E-state index < -0.39 is 12.0 Å². The van der Waals surface area contributed by atoms with Gasteiger partial charge in [-0.2, -0.15) is 0 Å². The minimum absolute atomic E-state index is 0.276. The van der Waals surface area contributed by atoms with Crippen LogP contribution in [0.25, 0.3) is 0 Å². The van der Waals surface area contributed by atoms with Crippen molar-refractivity contribution >= 4 is 5.91 Å². The Morgan fingerprint density at radius 2 is 2.35 bits per heavy atom. The van der Waals surface area contributed by atoms with Crippen molar-refractivity contribution in [3.8, 4) is 5.75 Å². The normalized spacial score (nSPS) is 20.2. The Morgan fingerprint density at radius 3 is 3.00 bits per heavy atom. The molecule has 0 bridgehead atoms. The molecule has 0 radical (unpaired) electrons. The number of nitrogens with two attached hydrogens (primary N) is 2. The van der Waals surface area contributed by atoms with Crippen molar-refractivity contribution < 1.29 is 14.6 Å². The van der Waals surface area contributed by atoms with Crippen molar-refractivity contribution in [1.82, 2.24) is 0 Å². The fourth-order valence-corrected chi connectivity index (χ4v) is 2.06. The Bertz CT molecular complexity index is 434.